The molecule has 3 aromatic rings. The zero-order chi connectivity index (χ0) is 19.4. The number of aromatic nitrogens is 2. The molecule has 1 aromatic heterocycles. The van der Waals surface area contributed by atoms with Gasteiger partial charge < -0.3 is 5.11 Å². The maximum atomic E-state index is 13.2. The number of aliphatic hydroxyl groups excluding tert-OH is 1. The smallest absolute Gasteiger partial charge is 0.336 e. The lowest BCUT2D eigenvalue weighted by molar-refractivity contribution is 0.277. The molecule has 0 saturated carbocycles. The summed E-state index contributed by atoms with van der Waals surface area (Å²) in [6, 6.07) is 16.9. The van der Waals surface area contributed by atoms with Gasteiger partial charge in [0.15, 0.2) is 0 Å². The Balaban J connectivity index is 2.26. The molecule has 0 bridgehead atoms. The Morgan fingerprint density at radius 1 is 1.00 bits per heavy atom. The molecule has 5 nitrogen and oxygen atoms in total. The minimum atomic E-state index is -0.400. The second kappa shape index (κ2) is 8.41. The third-order valence-corrected chi connectivity index (χ3v) is 5.15. The topological polar surface area (TPSA) is 64.2 Å². The SMILES string of the molecule is CSc1ccc(-n2c(-c3ccc(C)cc3)cc(=O)n(CCCO)c2=O)cc1. The molecule has 0 unspecified atom stereocenters. The van der Waals surface area contributed by atoms with Gasteiger partial charge in [0.05, 0.1) is 11.4 Å². The maximum absolute atomic E-state index is 13.2. The van der Waals surface area contributed by atoms with E-state index in [0.29, 0.717) is 17.8 Å². The summed E-state index contributed by atoms with van der Waals surface area (Å²) < 4.78 is 2.74. The van der Waals surface area contributed by atoms with E-state index in [1.807, 2.05) is 61.7 Å². The Labute approximate surface area is 161 Å². The zero-order valence-corrected chi connectivity index (χ0v) is 16.2. The van der Waals surface area contributed by atoms with Gasteiger partial charge in [-0.3, -0.25) is 13.9 Å². The summed E-state index contributed by atoms with van der Waals surface area (Å²) >= 11 is 1.63. The molecule has 0 aliphatic heterocycles. The molecule has 0 spiro atoms. The minimum absolute atomic E-state index is 0.0754. The van der Waals surface area contributed by atoms with Crippen LogP contribution in [0.4, 0.5) is 0 Å². The standard InChI is InChI=1S/C21H22N2O3S/c1-15-4-6-16(7-5-15)19-14-20(25)22(12-3-13-24)21(26)23(19)17-8-10-18(27-2)11-9-17/h4-11,14,24H,3,12-13H2,1-2H3. The Hall–Kier alpha value is -2.57. The average Bonchev–Trinajstić information content (AvgIpc) is 2.68. The second-order valence-corrected chi connectivity index (χ2v) is 7.16. The van der Waals surface area contributed by atoms with Gasteiger partial charge in [0.25, 0.3) is 5.56 Å². The predicted octanol–water partition coefficient (Wildman–Crippen LogP) is 3.08. The highest BCUT2D eigenvalue weighted by Gasteiger charge is 2.14. The molecule has 1 heterocycles. The lowest BCUT2D eigenvalue weighted by atomic mass is 10.1. The van der Waals surface area contributed by atoms with Crippen LogP contribution in [0.3, 0.4) is 0 Å². The summed E-state index contributed by atoms with van der Waals surface area (Å²) in [5.74, 6) is 0. The molecule has 0 amide bonds. The molecule has 2 aromatic carbocycles. The van der Waals surface area contributed by atoms with Gasteiger partial charge in [-0.2, -0.15) is 0 Å². The van der Waals surface area contributed by atoms with Gasteiger partial charge in [-0.05, 0) is 49.4 Å². The van der Waals surface area contributed by atoms with Gasteiger partial charge in [-0.15, -0.1) is 11.8 Å². The number of benzene rings is 2. The molecule has 0 fully saturated rings. The van der Waals surface area contributed by atoms with Crippen molar-refractivity contribution in [2.24, 2.45) is 0 Å². The van der Waals surface area contributed by atoms with E-state index in [-0.39, 0.29) is 18.7 Å². The Kier molecular flexibility index (Phi) is 5.98. The molecule has 1 N–H and O–H groups in total. The van der Waals surface area contributed by atoms with Gasteiger partial charge >= 0.3 is 5.69 Å². The van der Waals surface area contributed by atoms with E-state index in [2.05, 4.69) is 0 Å². The molecule has 0 atom stereocenters. The Morgan fingerprint density at radius 2 is 1.67 bits per heavy atom. The highest BCUT2D eigenvalue weighted by Crippen LogP contribution is 2.22. The molecule has 0 aliphatic rings. The Bertz CT molecular complexity index is 1040. The van der Waals surface area contributed by atoms with Crippen LogP contribution in [0.2, 0.25) is 0 Å². The lowest BCUT2D eigenvalue weighted by Gasteiger charge is -2.16. The number of aryl methyl sites for hydroxylation is 1. The first kappa shape index (κ1) is 19.2. The summed E-state index contributed by atoms with van der Waals surface area (Å²) in [7, 11) is 0. The minimum Gasteiger partial charge on any atom is -0.396 e. The molecule has 0 aliphatic carbocycles. The van der Waals surface area contributed by atoms with Crippen LogP contribution >= 0.6 is 11.8 Å². The van der Waals surface area contributed by atoms with Crippen molar-refractivity contribution in [2.45, 2.75) is 24.8 Å². The predicted molar refractivity (Wildman–Crippen MR) is 110 cm³/mol. The van der Waals surface area contributed by atoms with Crippen molar-refractivity contribution in [3.8, 4) is 16.9 Å². The van der Waals surface area contributed by atoms with Crippen molar-refractivity contribution in [3.05, 3.63) is 81.0 Å². The third-order valence-electron chi connectivity index (χ3n) is 4.41. The summed E-state index contributed by atoms with van der Waals surface area (Å²) in [5, 5.41) is 9.09. The first-order valence-electron chi connectivity index (χ1n) is 8.74. The molecule has 0 radical (unpaired) electrons. The summed E-state index contributed by atoms with van der Waals surface area (Å²) in [6.45, 7) is 2.10. The third kappa shape index (κ3) is 4.07. The molecule has 0 saturated heterocycles. The fourth-order valence-electron chi connectivity index (χ4n) is 2.93. The van der Waals surface area contributed by atoms with Gasteiger partial charge in [-0.25, -0.2) is 4.79 Å². The number of nitrogens with zero attached hydrogens (tertiary/aromatic N) is 2. The van der Waals surface area contributed by atoms with Crippen molar-refractivity contribution in [2.75, 3.05) is 12.9 Å². The average molecular weight is 382 g/mol. The first-order chi connectivity index (χ1) is 13.0. The fourth-order valence-corrected chi connectivity index (χ4v) is 3.34. The number of rotatable bonds is 6. The van der Waals surface area contributed by atoms with E-state index in [1.54, 1.807) is 16.3 Å². The second-order valence-electron chi connectivity index (χ2n) is 6.28. The summed E-state index contributed by atoms with van der Waals surface area (Å²) in [4.78, 5) is 26.8. The summed E-state index contributed by atoms with van der Waals surface area (Å²) in [6.07, 6.45) is 2.35. The summed E-state index contributed by atoms with van der Waals surface area (Å²) in [5.41, 5.74) is 2.41. The highest BCUT2D eigenvalue weighted by atomic mass is 32.2. The van der Waals surface area contributed by atoms with Crippen LogP contribution in [-0.4, -0.2) is 27.1 Å². The van der Waals surface area contributed by atoms with Crippen molar-refractivity contribution in [3.63, 3.8) is 0 Å². The number of hydrogen-bond donors (Lipinski definition) is 1. The molecule has 6 heteroatoms. The van der Waals surface area contributed by atoms with Crippen molar-refractivity contribution >= 4 is 11.8 Å². The van der Waals surface area contributed by atoms with E-state index in [0.717, 1.165) is 16.0 Å². The molecule has 27 heavy (non-hydrogen) atoms. The van der Waals surface area contributed by atoms with Crippen molar-refractivity contribution in [1.29, 1.82) is 0 Å². The van der Waals surface area contributed by atoms with E-state index >= 15 is 0 Å². The Morgan fingerprint density at radius 3 is 2.26 bits per heavy atom. The molecular formula is C21H22N2O3S. The van der Waals surface area contributed by atoms with Crippen LogP contribution in [0.25, 0.3) is 16.9 Å². The van der Waals surface area contributed by atoms with E-state index in [9.17, 15) is 9.59 Å². The zero-order valence-electron chi connectivity index (χ0n) is 15.4. The molecule has 3 rings (SSSR count). The van der Waals surface area contributed by atoms with Crippen LogP contribution in [0.5, 0.6) is 0 Å². The van der Waals surface area contributed by atoms with Crippen molar-refractivity contribution in [1.82, 2.24) is 9.13 Å². The van der Waals surface area contributed by atoms with E-state index in [4.69, 9.17) is 5.11 Å². The monoisotopic (exact) mass is 382 g/mol. The normalized spacial score (nSPS) is 10.9. The number of aliphatic hydroxyl groups is 1. The van der Waals surface area contributed by atoms with Crippen LogP contribution in [0.1, 0.15) is 12.0 Å². The maximum Gasteiger partial charge on any atom is 0.336 e. The van der Waals surface area contributed by atoms with Crippen LogP contribution in [0, 0.1) is 6.92 Å². The number of hydrogen-bond acceptors (Lipinski definition) is 4. The van der Waals surface area contributed by atoms with Gasteiger partial charge in [0, 0.05) is 24.1 Å². The van der Waals surface area contributed by atoms with Gasteiger partial charge in [0.1, 0.15) is 0 Å². The molecule has 140 valence electrons. The fraction of sp³-hybridized carbons (Fsp3) is 0.238. The first-order valence-corrected chi connectivity index (χ1v) is 9.97. The molecular weight excluding hydrogens is 360 g/mol. The largest absolute Gasteiger partial charge is 0.396 e. The van der Waals surface area contributed by atoms with E-state index in [1.165, 1.54) is 10.6 Å². The van der Waals surface area contributed by atoms with Crippen LogP contribution in [0.15, 0.2) is 69.1 Å². The van der Waals surface area contributed by atoms with Crippen LogP contribution < -0.4 is 11.2 Å². The quantitative estimate of drug-likeness (QED) is 0.666. The number of thioether (sulfide) groups is 1. The lowest BCUT2D eigenvalue weighted by Crippen LogP contribution is -2.39. The highest BCUT2D eigenvalue weighted by molar-refractivity contribution is 7.98. The van der Waals surface area contributed by atoms with Crippen LogP contribution in [-0.2, 0) is 6.54 Å². The van der Waals surface area contributed by atoms with Gasteiger partial charge in [0.2, 0.25) is 0 Å². The van der Waals surface area contributed by atoms with Crippen molar-refractivity contribution < 1.29 is 5.11 Å². The van der Waals surface area contributed by atoms with E-state index < -0.39 is 5.69 Å². The van der Waals surface area contributed by atoms with Gasteiger partial charge in [-0.1, -0.05) is 29.8 Å².